The molecule has 2 aliphatic rings. The van der Waals surface area contributed by atoms with E-state index in [-0.39, 0.29) is 5.91 Å². The SMILES string of the molecule is CC(=O)N1CCC(CN2CCN(Cc3ccc(C#N)cc3)CC2)CC1. The molecule has 1 aromatic rings. The van der Waals surface area contributed by atoms with E-state index >= 15 is 0 Å². The minimum atomic E-state index is 0.217. The van der Waals surface area contributed by atoms with Gasteiger partial charge in [-0.05, 0) is 36.5 Å². The van der Waals surface area contributed by atoms with E-state index in [0.29, 0.717) is 0 Å². The van der Waals surface area contributed by atoms with Crippen LogP contribution in [0.25, 0.3) is 0 Å². The molecule has 0 aliphatic carbocycles. The van der Waals surface area contributed by atoms with Crippen LogP contribution in [-0.2, 0) is 11.3 Å². The van der Waals surface area contributed by atoms with E-state index in [1.165, 1.54) is 12.1 Å². The topological polar surface area (TPSA) is 50.6 Å². The molecule has 0 saturated carbocycles. The molecule has 2 saturated heterocycles. The highest BCUT2D eigenvalue weighted by atomic mass is 16.2. The summed E-state index contributed by atoms with van der Waals surface area (Å²) in [4.78, 5) is 18.5. The summed E-state index contributed by atoms with van der Waals surface area (Å²) in [5, 5.41) is 8.87. The zero-order chi connectivity index (χ0) is 17.6. The van der Waals surface area contributed by atoms with Crippen molar-refractivity contribution in [1.82, 2.24) is 14.7 Å². The molecule has 2 fully saturated rings. The third-order valence-corrected chi connectivity index (χ3v) is 5.53. The highest BCUT2D eigenvalue weighted by Gasteiger charge is 2.24. The van der Waals surface area contributed by atoms with Gasteiger partial charge >= 0.3 is 0 Å². The molecule has 5 heteroatoms. The minimum absolute atomic E-state index is 0.217. The number of benzene rings is 1. The van der Waals surface area contributed by atoms with Crippen LogP contribution < -0.4 is 0 Å². The van der Waals surface area contributed by atoms with Gasteiger partial charge in [0.25, 0.3) is 0 Å². The van der Waals surface area contributed by atoms with Crippen molar-refractivity contribution in [2.24, 2.45) is 5.92 Å². The van der Waals surface area contributed by atoms with E-state index in [1.54, 1.807) is 6.92 Å². The average Bonchev–Trinajstić information content (AvgIpc) is 2.64. The molecule has 0 bridgehead atoms. The number of hydrogen-bond donors (Lipinski definition) is 0. The first-order chi connectivity index (χ1) is 12.1. The lowest BCUT2D eigenvalue weighted by molar-refractivity contribution is -0.130. The molecule has 0 atom stereocenters. The van der Waals surface area contributed by atoms with E-state index in [0.717, 1.165) is 70.1 Å². The van der Waals surface area contributed by atoms with Gasteiger partial charge in [0, 0.05) is 59.3 Å². The summed E-state index contributed by atoms with van der Waals surface area (Å²) < 4.78 is 0. The molecule has 1 aromatic carbocycles. The molecule has 0 radical (unpaired) electrons. The largest absolute Gasteiger partial charge is 0.343 e. The van der Waals surface area contributed by atoms with E-state index in [1.807, 2.05) is 17.0 Å². The molecule has 0 aromatic heterocycles. The van der Waals surface area contributed by atoms with Crippen LogP contribution in [0.2, 0.25) is 0 Å². The average molecular weight is 340 g/mol. The summed E-state index contributed by atoms with van der Waals surface area (Å²) in [5.41, 5.74) is 2.01. The smallest absolute Gasteiger partial charge is 0.219 e. The standard InChI is InChI=1S/C20H28N4O/c1-17(25)24-8-6-20(7-9-24)16-23-12-10-22(11-13-23)15-19-4-2-18(14-21)3-5-19/h2-5,20H,6-13,15-16H2,1H3. The summed E-state index contributed by atoms with van der Waals surface area (Å²) in [5.74, 6) is 0.954. The number of rotatable bonds is 4. The third kappa shape index (κ3) is 5.04. The number of likely N-dealkylation sites (tertiary alicyclic amines) is 1. The van der Waals surface area contributed by atoms with Crippen molar-refractivity contribution >= 4 is 5.91 Å². The zero-order valence-electron chi connectivity index (χ0n) is 15.2. The van der Waals surface area contributed by atoms with Crippen LogP contribution in [-0.4, -0.2) is 66.4 Å². The molecular formula is C20H28N4O. The molecule has 134 valence electrons. The highest BCUT2D eigenvalue weighted by Crippen LogP contribution is 2.19. The van der Waals surface area contributed by atoms with Gasteiger partial charge in [-0.1, -0.05) is 12.1 Å². The van der Waals surface area contributed by atoms with Gasteiger partial charge in [-0.3, -0.25) is 9.69 Å². The number of nitriles is 1. The predicted octanol–water partition coefficient (Wildman–Crippen LogP) is 1.93. The van der Waals surface area contributed by atoms with Crippen LogP contribution in [0.3, 0.4) is 0 Å². The Morgan fingerprint density at radius 2 is 1.64 bits per heavy atom. The van der Waals surface area contributed by atoms with Crippen molar-refractivity contribution in [3.05, 3.63) is 35.4 Å². The van der Waals surface area contributed by atoms with Gasteiger partial charge in [0.2, 0.25) is 5.91 Å². The highest BCUT2D eigenvalue weighted by molar-refractivity contribution is 5.73. The van der Waals surface area contributed by atoms with E-state index in [2.05, 4.69) is 28.0 Å². The lowest BCUT2D eigenvalue weighted by atomic mass is 9.96. The summed E-state index contributed by atoms with van der Waals surface area (Å²) in [6.07, 6.45) is 2.29. The fourth-order valence-corrected chi connectivity index (χ4v) is 3.87. The molecule has 0 spiro atoms. The first-order valence-electron chi connectivity index (χ1n) is 9.33. The van der Waals surface area contributed by atoms with E-state index in [4.69, 9.17) is 5.26 Å². The zero-order valence-corrected chi connectivity index (χ0v) is 15.2. The second-order valence-electron chi connectivity index (χ2n) is 7.33. The van der Waals surface area contributed by atoms with Gasteiger partial charge < -0.3 is 9.80 Å². The monoisotopic (exact) mass is 340 g/mol. The maximum atomic E-state index is 11.4. The fourth-order valence-electron chi connectivity index (χ4n) is 3.87. The lowest BCUT2D eigenvalue weighted by Crippen LogP contribution is -2.48. The minimum Gasteiger partial charge on any atom is -0.343 e. The quantitative estimate of drug-likeness (QED) is 0.840. The van der Waals surface area contributed by atoms with Crippen molar-refractivity contribution in [2.75, 3.05) is 45.8 Å². The van der Waals surface area contributed by atoms with E-state index < -0.39 is 0 Å². The van der Waals surface area contributed by atoms with Crippen LogP contribution in [0.15, 0.2) is 24.3 Å². The van der Waals surface area contributed by atoms with Gasteiger partial charge in [-0.15, -0.1) is 0 Å². The number of carbonyl (C=O) groups excluding carboxylic acids is 1. The molecular weight excluding hydrogens is 312 g/mol. The Labute approximate surface area is 150 Å². The second kappa shape index (κ2) is 8.46. The Morgan fingerprint density at radius 3 is 2.20 bits per heavy atom. The maximum absolute atomic E-state index is 11.4. The fraction of sp³-hybridized carbons (Fsp3) is 0.600. The van der Waals surface area contributed by atoms with Crippen LogP contribution in [0.5, 0.6) is 0 Å². The number of hydrogen-bond acceptors (Lipinski definition) is 4. The van der Waals surface area contributed by atoms with Gasteiger partial charge in [0.05, 0.1) is 11.6 Å². The first kappa shape index (κ1) is 17.9. The van der Waals surface area contributed by atoms with Crippen molar-refractivity contribution in [2.45, 2.75) is 26.3 Å². The van der Waals surface area contributed by atoms with Crippen molar-refractivity contribution < 1.29 is 4.79 Å². The number of piperidine rings is 1. The number of nitrogens with zero attached hydrogens (tertiary/aromatic N) is 4. The maximum Gasteiger partial charge on any atom is 0.219 e. The van der Waals surface area contributed by atoms with Crippen molar-refractivity contribution in [3.8, 4) is 6.07 Å². The molecule has 2 heterocycles. The molecule has 0 unspecified atom stereocenters. The number of piperazine rings is 1. The second-order valence-corrected chi connectivity index (χ2v) is 7.33. The number of carbonyl (C=O) groups is 1. The van der Waals surface area contributed by atoms with Gasteiger partial charge in [-0.2, -0.15) is 5.26 Å². The van der Waals surface area contributed by atoms with Crippen LogP contribution in [0.4, 0.5) is 0 Å². The number of amides is 1. The molecule has 5 nitrogen and oxygen atoms in total. The summed E-state index contributed by atoms with van der Waals surface area (Å²) in [6, 6.07) is 10.1. The molecule has 2 aliphatic heterocycles. The Bertz CT molecular complexity index is 606. The normalized spacial score (nSPS) is 20.4. The third-order valence-electron chi connectivity index (χ3n) is 5.53. The Balaban J connectivity index is 1.38. The Kier molecular flexibility index (Phi) is 6.06. The van der Waals surface area contributed by atoms with Crippen molar-refractivity contribution in [1.29, 1.82) is 5.26 Å². The first-order valence-corrected chi connectivity index (χ1v) is 9.33. The van der Waals surface area contributed by atoms with Gasteiger partial charge in [0.1, 0.15) is 0 Å². The predicted molar refractivity (Wildman–Crippen MR) is 97.9 cm³/mol. The summed E-state index contributed by atoms with van der Waals surface area (Å²) in [6.45, 7) is 10.1. The molecule has 3 rings (SSSR count). The van der Waals surface area contributed by atoms with E-state index in [9.17, 15) is 4.79 Å². The molecule has 0 N–H and O–H groups in total. The summed E-state index contributed by atoms with van der Waals surface area (Å²) >= 11 is 0. The van der Waals surface area contributed by atoms with Gasteiger partial charge in [0.15, 0.2) is 0 Å². The van der Waals surface area contributed by atoms with Crippen LogP contribution >= 0.6 is 0 Å². The van der Waals surface area contributed by atoms with Crippen LogP contribution in [0.1, 0.15) is 30.9 Å². The van der Waals surface area contributed by atoms with Crippen LogP contribution in [0, 0.1) is 17.2 Å². The Hall–Kier alpha value is -1.90. The molecule has 1 amide bonds. The van der Waals surface area contributed by atoms with Crippen molar-refractivity contribution in [3.63, 3.8) is 0 Å². The lowest BCUT2D eigenvalue weighted by Gasteiger charge is -2.38. The summed E-state index contributed by atoms with van der Waals surface area (Å²) in [7, 11) is 0. The van der Waals surface area contributed by atoms with Gasteiger partial charge in [-0.25, -0.2) is 0 Å². The Morgan fingerprint density at radius 1 is 1.04 bits per heavy atom. The molecule has 25 heavy (non-hydrogen) atoms.